The standard InChI is InChI=1S/C12H19ClN2O3S/c1-17-6-3-4-15(5-7-18-2)12-14-10(9-19-12)11(16)8-13/h9H,3-8H2,1-2H3. The lowest BCUT2D eigenvalue weighted by Gasteiger charge is -2.21. The first-order valence-corrected chi connectivity index (χ1v) is 7.41. The molecule has 7 heteroatoms. The molecule has 5 nitrogen and oxygen atoms in total. The number of aromatic nitrogens is 1. The molecule has 0 amide bonds. The van der Waals surface area contributed by atoms with Crippen molar-refractivity contribution in [3.05, 3.63) is 11.1 Å². The van der Waals surface area contributed by atoms with E-state index in [2.05, 4.69) is 9.88 Å². The van der Waals surface area contributed by atoms with Gasteiger partial charge in [-0.3, -0.25) is 4.79 Å². The van der Waals surface area contributed by atoms with Crippen LogP contribution >= 0.6 is 22.9 Å². The van der Waals surface area contributed by atoms with Gasteiger partial charge in [-0.05, 0) is 6.42 Å². The highest BCUT2D eigenvalue weighted by Gasteiger charge is 2.14. The van der Waals surface area contributed by atoms with Crippen molar-refractivity contribution in [3.8, 4) is 0 Å². The maximum atomic E-state index is 11.5. The van der Waals surface area contributed by atoms with Crippen molar-refractivity contribution >= 4 is 33.9 Å². The number of alkyl halides is 1. The number of thiazole rings is 1. The molecule has 0 aromatic carbocycles. The normalized spacial score (nSPS) is 10.7. The van der Waals surface area contributed by atoms with Crippen LogP contribution in [0.5, 0.6) is 0 Å². The highest BCUT2D eigenvalue weighted by atomic mass is 35.5. The van der Waals surface area contributed by atoms with Gasteiger partial charge in [0, 0.05) is 39.3 Å². The molecule has 19 heavy (non-hydrogen) atoms. The minimum Gasteiger partial charge on any atom is -0.385 e. The molecule has 0 radical (unpaired) electrons. The van der Waals surface area contributed by atoms with E-state index in [1.54, 1.807) is 19.6 Å². The zero-order chi connectivity index (χ0) is 14.1. The van der Waals surface area contributed by atoms with Crippen LogP contribution in [0.3, 0.4) is 0 Å². The van der Waals surface area contributed by atoms with E-state index in [-0.39, 0.29) is 11.7 Å². The van der Waals surface area contributed by atoms with Gasteiger partial charge >= 0.3 is 0 Å². The minimum atomic E-state index is -0.146. The zero-order valence-corrected chi connectivity index (χ0v) is 12.8. The number of anilines is 1. The van der Waals surface area contributed by atoms with Gasteiger partial charge in [-0.1, -0.05) is 0 Å². The largest absolute Gasteiger partial charge is 0.385 e. The van der Waals surface area contributed by atoms with E-state index in [1.807, 2.05) is 0 Å². The molecule has 0 spiro atoms. The maximum absolute atomic E-state index is 11.5. The highest BCUT2D eigenvalue weighted by Crippen LogP contribution is 2.21. The Bertz CT molecular complexity index is 387. The first-order chi connectivity index (χ1) is 9.22. The summed E-state index contributed by atoms with van der Waals surface area (Å²) in [5.41, 5.74) is 0.434. The van der Waals surface area contributed by atoms with E-state index < -0.39 is 0 Å². The summed E-state index contributed by atoms with van der Waals surface area (Å²) in [5.74, 6) is -0.182. The molecular weight excluding hydrogens is 288 g/mol. The Balaban J connectivity index is 2.66. The number of ketones is 1. The number of carbonyl (C=O) groups excluding carboxylic acids is 1. The predicted octanol–water partition coefficient (Wildman–Crippen LogP) is 2.05. The Morgan fingerprint density at radius 2 is 2.11 bits per heavy atom. The Kier molecular flexibility index (Phi) is 7.97. The molecule has 1 rings (SSSR count). The fourth-order valence-corrected chi connectivity index (χ4v) is 2.53. The van der Waals surface area contributed by atoms with Crippen LogP contribution in [0, 0.1) is 0 Å². The third kappa shape index (κ3) is 5.44. The van der Waals surface area contributed by atoms with E-state index in [4.69, 9.17) is 21.1 Å². The topological polar surface area (TPSA) is 51.7 Å². The number of hydrogen-bond acceptors (Lipinski definition) is 6. The van der Waals surface area contributed by atoms with Gasteiger partial charge in [-0.15, -0.1) is 22.9 Å². The van der Waals surface area contributed by atoms with E-state index in [0.29, 0.717) is 18.9 Å². The summed E-state index contributed by atoms with van der Waals surface area (Å²) in [4.78, 5) is 17.9. The van der Waals surface area contributed by atoms with Crippen molar-refractivity contribution in [1.82, 2.24) is 4.98 Å². The molecule has 0 fully saturated rings. The summed E-state index contributed by atoms with van der Waals surface area (Å²) >= 11 is 6.98. The van der Waals surface area contributed by atoms with Crippen LogP contribution in [0.4, 0.5) is 5.13 Å². The lowest BCUT2D eigenvalue weighted by atomic mass is 10.3. The average molecular weight is 307 g/mol. The molecular formula is C12H19ClN2O3S. The lowest BCUT2D eigenvalue weighted by Crippen LogP contribution is -2.29. The van der Waals surface area contributed by atoms with E-state index in [0.717, 1.165) is 24.6 Å². The molecule has 0 saturated heterocycles. The summed E-state index contributed by atoms with van der Waals surface area (Å²) in [5, 5.41) is 2.57. The second-order valence-corrected chi connectivity index (χ2v) is 5.00. The van der Waals surface area contributed by atoms with Crippen LogP contribution in [0.1, 0.15) is 16.9 Å². The monoisotopic (exact) mass is 306 g/mol. The second-order valence-electron chi connectivity index (χ2n) is 3.90. The number of hydrogen-bond donors (Lipinski definition) is 0. The van der Waals surface area contributed by atoms with Crippen LogP contribution < -0.4 is 4.90 Å². The maximum Gasteiger partial charge on any atom is 0.196 e. The van der Waals surface area contributed by atoms with E-state index >= 15 is 0 Å². The lowest BCUT2D eigenvalue weighted by molar-refractivity contribution is 0.101. The first-order valence-electron chi connectivity index (χ1n) is 6.00. The van der Waals surface area contributed by atoms with Crippen LogP contribution in [0.15, 0.2) is 5.38 Å². The molecule has 1 aromatic rings. The molecule has 0 unspecified atom stereocenters. The van der Waals surface area contributed by atoms with Gasteiger partial charge in [0.15, 0.2) is 10.9 Å². The quantitative estimate of drug-likeness (QED) is 0.376. The van der Waals surface area contributed by atoms with Crippen molar-refractivity contribution in [2.24, 2.45) is 0 Å². The van der Waals surface area contributed by atoms with Gasteiger partial charge in [0.2, 0.25) is 0 Å². The van der Waals surface area contributed by atoms with Crippen LogP contribution in [-0.4, -0.2) is 57.2 Å². The van der Waals surface area contributed by atoms with Gasteiger partial charge in [-0.2, -0.15) is 0 Å². The molecule has 0 aliphatic carbocycles. The van der Waals surface area contributed by atoms with Gasteiger partial charge in [0.25, 0.3) is 0 Å². The molecule has 0 bridgehead atoms. The van der Waals surface area contributed by atoms with Crippen molar-refractivity contribution < 1.29 is 14.3 Å². The smallest absolute Gasteiger partial charge is 0.196 e. The van der Waals surface area contributed by atoms with Gasteiger partial charge < -0.3 is 14.4 Å². The van der Waals surface area contributed by atoms with Gasteiger partial charge in [0.05, 0.1) is 12.5 Å². The summed E-state index contributed by atoms with van der Waals surface area (Å²) in [7, 11) is 3.35. The third-order valence-corrected chi connectivity index (χ3v) is 3.66. The third-order valence-electron chi connectivity index (χ3n) is 2.51. The zero-order valence-electron chi connectivity index (χ0n) is 11.2. The van der Waals surface area contributed by atoms with Crippen LogP contribution in [0.25, 0.3) is 0 Å². The number of ether oxygens (including phenoxy) is 2. The first kappa shape index (κ1) is 16.4. The highest BCUT2D eigenvalue weighted by molar-refractivity contribution is 7.14. The van der Waals surface area contributed by atoms with Crippen molar-refractivity contribution in [3.63, 3.8) is 0 Å². The molecule has 0 aliphatic heterocycles. The Hall–Kier alpha value is -0.690. The van der Waals surface area contributed by atoms with Crippen molar-refractivity contribution in [2.45, 2.75) is 6.42 Å². The van der Waals surface area contributed by atoms with Crippen molar-refractivity contribution in [2.75, 3.05) is 51.3 Å². The van der Waals surface area contributed by atoms with E-state index in [9.17, 15) is 4.79 Å². The van der Waals surface area contributed by atoms with Gasteiger partial charge in [-0.25, -0.2) is 4.98 Å². The molecule has 0 N–H and O–H groups in total. The molecule has 1 heterocycles. The summed E-state index contributed by atoms with van der Waals surface area (Å²) in [6.45, 7) is 2.87. The summed E-state index contributed by atoms with van der Waals surface area (Å²) in [6.07, 6.45) is 0.901. The minimum absolute atomic E-state index is 0.0368. The number of Topliss-reactive ketones (excluding diaryl/α,β-unsaturated/α-hetero) is 1. The van der Waals surface area contributed by atoms with E-state index in [1.165, 1.54) is 11.3 Å². The molecule has 0 saturated carbocycles. The number of rotatable bonds is 10. The number of methoxy groups -OCH3 is 2. The van der Waals surface area contributed by atoms with Crippen LogP contribution in [-0.2, 0) is 9.47 Å². The second kappa shape index (κ2) is 9.25. The predicted molar refractivity (Wildman–Crippen MR) is 77.7 cm³/mol. The fraction of sp³-hybridized carbons (Fsp3) is 0.667. The van der Waals surface area contributed by atoms with Gasteiger partial charge in [0.1, 0.15) is 5.69 Å². The van der Waals surface area contributed by atoms with Crippen LogP contribution in [0.2, 0.25) is 0 Å². The molecule has 0 atom stereocenters. The Morgan fingerprint density at radius 3 is 2.74 bits per heavy atom. The average Bonchev–Trinajstić information content (AvgIpc) is 2.91. The number of nitrogens with zero attached hydrogens (tertiary/aromatic N) is 2. The fourth-order valence-electron chi connectivity index (χ4n) is 1.51. The van der Waals surface area contributed by atoms with Crippen molar-refractivity contribution in [1.29, 1.82) is 0 Å². The molecule has 1 aromatic heterocycles. The summed E-state index contributed by atoms with van der Waals surface area (Å²) < 4.78 is 10.1. The molecule has 108 valence electrons. The SMILES string of the molecule is COCCCN(CCOC)c1nc(C(=O)CCl)cs1. The molecule has 0 aliphatic rings. The Labute approximate surface area is 122 Å². The summed E-state index contributed by atoms with van der Waals surface area (Å²) in [6, 6.07) is 0. The number of halogens is 1. The Morgan fingerprint density at radius 1 is 1.37 bits per heavy atom. The number of carbonyl (C=O) groups is 1.